The van der Waals surface area contributed by atoms with Crippen LogP contribution in [-0.4, -0.2) is 0 Å². The van der Waals surface area contributed by atoms with Gasteiger partial charge < -0.3 is 0 Å². The molecule has 0 spiro atoms. The van der Waals surface area contributed by atoms with Gasteiger partial charge in [-0.15, -0.1) is 13.2 Å². The van der Waals surface area contributed by atoms with Crippen molar-refractivity contribution in [1.29, 1.82) is 0 Å². The van der Waals surface area contributed by atoms with Crippen LogP contribution in [0.25, 0.3) is 0 Å². The molecule has 1 aliphatic carbocycles. The maximum atomic E-state index is 3.98. The Balaban J connectivity index is 2.66. The molecule has 2 atom stereocenters. The van der Waals surface area contributed by atoms with Crippen molar-refractivity contribution in [3.05, 3.63) is 36.5 Å². The first-order chi connectivity index (χ1) is 10.2. The standard InChI is InChI=1S/C21H36/c1-5-11-19(12-6-2)17-21-14-10-9-13-20(21)16-15-18(7-3)8-4/h5,7,18-19H,1,3,6,8-17H2,2,4H3. The quantitative estimate of drug-likeness (QED) is 0.352. The zero-order valence-corrected chi connectivity index (χ0v) is 14.5. The van der Waals surface area contributed by atoms with Crippen LogP contribution in [-0.2, 0) is 0 Å². The molecule has 21 heavy (non-hydrogen) atoms. The largest absolute Gasteiger partial charge is 0.103 e. The van der Waals surface area contributed by atoms with E-state index in [-0.39, 0.29) is 0 Å². The third-order valence-electron chi connectivity index (χ3n) is 5.11. The summed E-state index contributed by atoms with van der Waals surface area (Å²) in [6.45, 7) is 12.5. The minimum Gasteiger partial charge on any atom is -0.103 e. The lowest BCUT2D eigenvalue weighted by molar-refractivity contribution is 0.457. The van der Waals surface area contributed by atoms with Gasteiger partial charge in [-0.1, -0.05) is 50.0 Å². The van der Waals surface area contributed by atoms with Gasteiger partial charge >= 0.3 is 0 Å². The number of hydrogen-bond acceptors (Lipinski definition) is 0. The second-order valence-electron chi connectivity index (χ2n) is 6.74. The van der Waals surface area contributed by atoms with E-state index < -0.39 is 0 Å². The summed E-state index contributed by atoms with van der Waals surface area (Å²) in [6, 6.07) is 0. The Morgan fingerprint density at radius 3 is 2.33 bits per heavy atom. The van der Waals surface area contributed by atoms with E-state index >= 15 is 0 Å². The van der Waals surface area contributed by atoms with E-state index in [0.717, 1.165) is 5.92 Å². The molecule has 1 rings (SSSR count). The van der Waals surface area contributed by atoms with Gasteiger partial charge in [0.15, 0.2) is 0 Å². The van der Waals surface area contributed by atoms with Crippen LogP contribution in [0.2, 0.25) is 0 Å². The molecular formula is C21H36. The monoisotopic (exact) mass is 288 g/mol. The highest BCUT2D eigenvalue weighted by Crippen LogP contribution is 2.35. The van der Waals surface area contributed by atoms with Gasteiger partial charge in [0.05, 0.1) is 0 Å². The van der Waals surface area contributed by atoms with Gasteiger partial charge in [-0.2, -0.15) is 0 Å². The van der Waals surface area contributed by atoms with Crippen LogP contribution in [0.15, 0.2) is 36.5 Å². The average Bonchev–Trinajstić information content (AvgIpc) is 2.50. The van der Waals surface area contributed by atoms with Crippen molar-refractivity contribution in [2.75, 3.05) is 0 Å². The molecular weight excluding hydrogens is 252 g/mol. The lowest BCUT2D eigenvalue weighted by atomic mass is 9.81. The van der Waals surface area contributed by atoms with Gasteiger partial charge in [0.25, 0.3) is 0 Å². The van der Waals surface area contributed by atoms with Gasteiger partial charge in [-0.3, -0.25) is 0 Å². The van der Waals surface area contributed by atoms with E-state index in [0.29, 0.717) is 5.92 Å². The molecule has 0 fully saturated rings. The van der Waals surface area contributed by atoms with Crippen molar-refractivity contribution >= 4 is 0 Å². The van der Waals surface area contributed by atoms with E-state index in [2.05, 4.69) is 39.2 Å². The summed E-state index contributed by atoms with van der Waals surface area (Å²) >= 11 is 0. The van der Waals surface area contributed by atoms with Crippen molar-refractivity contribution in [2.45, 2.75) is 84.5 Å². The SMILES string of the molecule is C=CCC(CCC)CC1=C(CCC(C=C)CC)CCCC1. The minimum absolute atomic E-state index is 0.709. The van der Waals surface area contributed by atoms with Crippen LogP contribution >= 0.6 is 0 Å². The van der Waals surface area contributed by atoms with E-state index in [9.17, 15) is 0 Å². The van der Waals surface area contributed by atoms with Gasteiger partial charge in [0.1, 0.15) is 0 Å². The molecule has 2 unspecified atom stereocenters. The molecule has 0 aromatic carbocycles. The Bertz CT molecular complexity index is 334. The Kier molecular flexibility index (Phi) is 9.46. The molecule has 0 bridgehead atoms. The van der Waals surface area contributed by atoms with Gasteiger partial charge in [0.2, 0.25) is 0 Å². The normalized spacial score (nSPS) is 18.4. The summed E-state index contributed by atoms with van der Waals surface area (Å²) in [5.41, 5.74) is 3.60. The number of allylic oxidation sites excluding steroid dienone is 4. The van der Waals surface area contributed by atoms with Crippen LogP contribution in [0.1, 0.15) is 84.5 Å². The van der Waals surface area contributed by atoms with E-state index in [1.165, 1.54) is 70.6 Å². The molecule has 0 heteroatoms. The first-order valence-electron chi connectivity index (χ1n) is 9.18. The highest BCUT2D eigenvalue weighted by molar-refractivity contribution is 5.18. The van der Waals surface area contributed by atoms with Crippen LogP contribution in [0.3, 0.4) is 0 Å². The summed E-state index contributed by atoms with van der Waals surface area (Å²) in [6.07, 6.45) is 18.8. The smallest absolute Gasteiger partial charge is 0.0236 e. The molecule has 0 saturated carbocycles. The zero-order chi connectivity index (χ0) is 15.5. The fourth-order valence-corrected chi connectivity index (χ4v) is 3.72. The molecule has 0 amide bonds. The van der Waals surface area contributed by atoms with Gasteiger partial charge in [-0.05, 0) is 69.6 Å². The first-order valence-corrected chi connectivity index (χ1v) is 9.18. The van der Waals surface area contributed by atoms with Crippen molar-refractivity contribution in [3.8, 4) is 0 Å². The maximum absolute atomic E-state index is 3.98. The Labute approximate surface area is 133 Å². The molecule has 0 aliphatic heterocycles. The highest BCUT2D eigenvalue weighted by Gasteiger charge is 2.17. The maximum Gasteiger partial charge on any atom is -0.0236 e. The fourth-order valence-electron chi connectivity index (χ4n) is 3.72. The molecule has 1 aliphatic rings. The minimum atomic E-state index is 0.709. The topological polar surface area (TPSA) is 0 Å². The van der Waals surface area contributed by atoms with Crippen LogP contribution < -0.4 is 0 Å². The van der Waals surface area contributed by atoms with Crippen LogP contribution in [0.5, 0.6) is 0 Å². The molecule has 0 saturated heterocycles. The Morgan fingerprint density at radius 1 is 1.05 bits per heavy atom. The van der Waals surface area contributed by atoms with Gasteiger partial charge in [-0.25, -0.2) is 0 Å². The van der Waals surface area contributed by atoms with Crippen LogP contribution in [0.4, 0.5) is 0 Å². The number of hydrogen-bond donors (Lipinski definition) is 0. The average molecular weight is 289 g/mol. The molecule has 0 radical (unpaired) electrons. The third kappa shape index (κ3) is 6.68. The summed E-state index contributed by atoms with van der Waals surface area (Å²) in [5.74, 6) is 1.54. The lowest BCUT2D eigenvalue weighted by Crippen LogP contribution is -2.08. The third-order valence-corrected chi connectivity index (χ3v) is 5.11. The van der Waals surface area contributed by atoms with E-state index in [4.69, 9.17) is 0 Å². The summed E-state index contributed by atoms with van der Waals surface area (Å²) in [7, 11) is 0. The molecule has 120 valence electrons. The zero-order valence-electron chi connectivity index (χ0n) is 14.5. The van der Waals surface area contributed by atoms with E-state index in [1.54, 1.807) is 11.1 Å². The first kappa shape index (κ1) is 18.3. The van der Waals surface area contributed by atoms with Crippen molar-refractivity contribution in [2.24, 2.45) is 11.8 Å². The van der Waals surface area contributed by atoms with Gasteiger partial charge in [0, 0.05) is 0 Å². The van der Waals surface area contributed by atoms with E-state index in [1.807, 2.05) is 0 Å². The number of rotatable bonds is 11. The lowest BCUT2D eigenvalue weighted by Gasteiger charge is -2.25. The predicted octanol–water partition coefficient (Wildman–Crippen LogP) is 7.23. The highest BCUT2D eigenvalue weighted by atomic mass is 14.2. The Morgan fingerprint density at radius 2 is 1.76 bits per heavy atom. The molecule has 0 N–H and O–H groups in total. The molecule has 0 nitrogen and oxygen atoms in total. The fraction of sp³-hybridized carbons (Fsp3) is 0.714. The second-order valence-corrected chi connectivity index (χ2v) is 6.74. The summed E-state index contributed by atoms with van der Waals surface area (Å²) < 4.78 is 0. The van der Waals surface area contributed by atoms with Crippen LogP contribution in [0, 0.1) is 11.8 Å². The Hall–Kier alpha value is -0.780. The predicted molar refractivity (Wildman–Crippen MR) is 96.5 cm³/mol. The molecule has 0 heterocycles. The molecule has 0 aromatic rings. The molecule has 0 aromatic heterocycles. The van der Waals surface area contributed by atoms with Crippen molar-refractivity contribution in [1.82, 2.24) is 0 Å². The summed E-state index contributed by atoms with van der Waals surface area (Å²) in [4.78, 5) is 0. The summed E-state index contributed by atoms with van der Waals surface area (Å²) in [5, 5.41) is 0. The van der Waals surface area contributed by atoms with Crippen molar-refractivity contribution < 1.29 is 0 Å². The van der Waals surface area contributed by atoms with Crippen molar-refractivity contribution in [3.63, 3.8) is 0 Å². The second kappa shape index (κ2) is 10.9.